The molecule has 7 nitrogen and oxygen atoms in total. The number of fused-ring (bicyclic) bond motifs is 1. The number of anilines is 1. The van der Waals surface area contributed by atoms with Gasteiger partial charge in [-0.3, -0.25) is 25.2 Å². The van der Waals surface area contributed by atoms with Crippen LogP contribution in [0, 0.1) is 0 Å². The molecule has 0 unspecified atom stereocenters. The predicted octanol–water partition coefficient (Wildman–Crippen LogP) is 3.50. The minimum Gasteiger partial charge on any atom is -0.273 e. The van der Waals surface area contributed by atoms with Crippen LogP contribution < -0.4 is 15.9 Å². The number of halogens is 1. The van der Waals surface area contributed by atoms with Crippen molar-refractivity contribution in [2.75, 3.05) is 5.01 Å². The van der Waals surface area contributed by atoms with Gasteiger partial charge in [-0.2, -0.15) is 5.10 Å². The number of benzene rings is 2. The van der Waals surface area contributed by atoms with E-state index in [2.05, 4.69) is 16.0 Å². The van der Waals surface area contributed by atoms with Crippen LogP contribution in [0.3, 0.4) is 0 Å². The van der Waals surface area contributed by atoms with Gasteiger partial charge in [-0.1, -0.05) is 48.0 Å². The summed E-state index contributed by atoms with van der Waals surface area (Å²) < 4.78 is 0.877. The van der Waals surface area contributed by atoms with Crippen molar-refractivity contribution >= 4 is 62.1 Å². The van der Waals surface area contributed by atoms with Crippen LogP contribution in [-0.2, 0) is 9.59 Å². The summed E-state index contributed by atoms with van der Waals surface area (Å²) in [4.78, 5) is 37.4. The molecule has 0 aliphatic carbocycles. The number of thiophene rings is 1. The predicted molar refractivity (Wildman–Crippen MR) is 113 cm³/mol. The highest BCUT2D eigenvalue weighted by atomic mass is 35.5. The fourth-order valence-corrected chi connectivity index (χ4v) is 4.30. The first-order chi connectivity index (χ1) is 14.0. The number of hydrogen-bond acceptors (Lipinski definition) is 5. The average Bonchev–Trinajstić information content (AvgIpc) is 3.09. The summed E-state index contributed by atoms with van der Waals surface area (Å²) >= 11 is 7.53. The quantitative estimate of drug-likeness (QED) is 0.628. The van der Waals surface area contributed by atoms with Crippen molar-refractivity contribution in [3.8, 4) is 0 Å². The zero-order valence-electron chi connectivity index (χ0n) is 15.0. The molecule has 1 aromatic heterocycles. The van der Waals surface area contributed by atoms with Crippen molar-refractivity contribution in [1.82, 2.24) is 10.9 Å². The van der Waals surface area contributed by atoms with E-state index in [1.54, 1.807) is 24.3 Å². The van der Waals surface area contributed by atoms with E-state index < -0.39 is 11.8 Å². The number of nitrogens with zero attached hydrogens (tertiary/aromatic N) is 2. The molecule has 2 aromatic carbocycles. The fourth-order valence-electron chi connectivity index (χ4n) is 2.89. The van der Waals surface area contributed by atoms with E-state index in [0.29, 0.717) is 15.6 Å². The van der Waals surface area contributed by atoms with Gasteiger partial charge in [-0.05, 0) is 18.2 Å². The number of para-hydroxylation sites is 1. The summed E-state index contributed by atoms with van der Waals surface area (Å²) in [6, 6.07) is 16.2. The van der Waals surface area contributed by atoms with Gasteiger partial charge >= 0.3 is 0 Å². The van der Waals surface area contributed by atoms with Crippen molar-refractivity contribution in [1.29, 1.82) is 0 Å². The van der Waals surface area contributed by atoms with E-state index in [1.165, 1.54) is 16.3 Å². The van der Waals surface area contributed by atoms with E-state index in [4.69, 9.17) is 11.6 Å². The average molecular weight is 427 g/mol. The summed E-state index contributed by atoms with van der Waals surface area (Å²) in [6.45, 7) is 0. The normalized spacial score (nSPS) is 13.9. The lowest BCUT2D eigenvalue weighted by atomic mass is 10.1. The van der Waals surface area contributed by atoms with Gasteiger partial charge in [0.25, 0.3) is 11.8 Å². The molecule has 2 heterocycles. The molecule has 3 aromatic rings. The van der Waals surface area contributed by atoms with Crippen LogP contribution in [0.4, 0.5) is 5.69 Å². The van der Waals surface area contributed by atoms with Crippen LogP contribution in [0.15, 0.2) is 59.7 Å². The maximum atomic E-state index is 12.5. The second-order valence-electron chi connectivity index (χ2n) is 6.24. The van der Waals surface area contributed by atoms with Crippen molar-refractivity contribution in [3.63, 3.8) is 0 Å². The van der Waals surface area contributed by atoms with Gasteiger partial charge in [-0.25, -0.2) is 5.01 Å². The van der Waals surface area contributed by atoms with Crippen LogP contribution in [0.2, 0.25) is 5.02 Å². The number of hydrazone groups is 1. The number of amides is 3. The zero-order valence-corrected chi connectivity index (χ0v) is 16.6. The van der Waals surface area contributed by atoms with E-state index >= 15 is 0 Å². The van der Waals surface area contributed by atoms with Crippen LogP contribution in [0.5, 0.6) is 0 Å². The Morgan fingerprint density at radius 1 is 0.966 bits per heavy atom. The zero-order chi connectivity index (χ0) is 20.4. The van der Waals surface area contributed by atoms with Crippen LogP contribution in [-0.4, -0.2) is 23.4 Å². The smallest absolute Gasteiger partial charge is 0.273 e. The number of hydrogen-bond donors (Lipinski definition) is 2. The molecule has 0 radical (unpaired) electrons. The minimum absolute atomic E-state index is 0.149. The van der Waals surface area contributed by atoms with Crippen LogP contribution >= 0.6 is 22.9 Å². The van der Waals surface area contributed by atoms with Crippen molar-refractivity contribution in [3.05, 3.63) is 64.5 Å². The maximum Gasteiger partial charge on any atom is 0.285 e. The highest BCUT2D eigenvalue weighted by Crippen LogP contribution is 2.34. The summed E-state index contributed by atoms with van der Waals surface area (Å²) in [5.74, 6) is -1.30. The molecule has 1 aliphatic rings. The van der Waals surface area contributed by atoms with Gasteiger partial charge in [0.05, 0.1) is 10.7 Å². The molecule has 0 saturated carbocycles. The van der Waals surface area contributed by atoms with Crippen molar-refractivity contribution in [2.45, 2.75) is 12.8 Å². The first-order valence-corrected chi connectivity index (χ1v) is 9.97. The van der Waals surface area contributed by atoms with Crippen LogP contribution in [0.1, 0.15) is 22.5 Å². The van der Waals surface area contributed by atoms with Gasteiger partial charge in [0.15, 0.2) is 0 Å². The Balaban J connectivity index is 1.47. The number of hydrazine groups is 1. The molecule has 3 amide bonds. The SMILES string of the molecule is O=C(NNC(=O)c1sc2ccccc2c1Cl)C1=NN(c2ccccc2)C(=O)CC1. The first-order valence-electron chi connectivity index (χ1n) is 8.78. The summed E-state index contributed by atoms with van der Waals surface area (Å²) in [5.41, 5.74) is 5.44. The molecule has 4 rings (SSSR count). The Morgan fingerprint density at radius 2 is 1.66 bits per heavy atom. The Hall–Kier alpha value is -3.23. The number of carbonyl (C=O) groups is 3. The molecular weight excluding hydrogens is 412 g/mol. The third kappa shape index (κ3) is 3.85. The number of nitrogens with one attached hydrogen (secondary N) is 2. The molecule has 146 valence electrons. The first kappa shape index (κ1) is 19.1. The highest BCUT2D eigenvalue weighted by molar-refractivity contribution is 7.21. The third-order valence-electron chi connectivity index (χ3n) is 4.33. The molecule has 0 atom stereocenters. The molecule has 1 aliphatic heterocycles. The van der Waals surface area contributed by atoms with E-state index in [1.807, 2.05) is 30.3 Å². The second-order valence-corrected chi connectivity index (χ2v) is 7.67. The molecule has 0 saturated heterocycles. The van der Waals surface area contributed by atoms with E-state index in [-0.39, 0.29) is 24.5 Å². The van der Waals surface area contributed by atoms with E-state index in [9.17, 15) is 14.4 Å². The molecule has 9 heteroatoms. The monoisotopic (exact) mass is 426 g/mol. The highest BCUT2D eigenvalue weighted by Gasteiger charge is 2.26. The summed E-state index contributed by atoms with van der Waals surface area (Å²) in [5, 5.41) is 6.47. The van der Waals surface area contributed by atoms with Crippen LogP contribution in [0.25, 0.3) is 10.1 Å². The Kier molecular flexibility index (Phi) is 5.28. The molecule has 29 heavy (non-hydrogen) atoms. The topological polar surface area (TPSA) is 90.9 Å². The van der Waals surface area contributed by atoms with Gasteiger partial charge < -0.3 is 0 Å². The lowest BCUT2D eigenvalue weighted by molar-refractivity contribution is -0.119. The lowest BCUT2D eigenvalue weighted by Gasteiger charge is -2.23. The van der Waals surface area contributed by atoms with Gasteiger partial charge in [-0.15, -0.1) is 11.3 Å². The van der Waals surface area contributed by atoms with Gasteiger partial charge in [0.2, 0.25) is 5.91 Å². The minimum atomic E-state index is -0.580. The third-order valence-corrected chi connectivity index (χ3v) is 6.00. The standard InChI is InChI=1S/C20H15ClN4O3S/c21-17-13-8-4-5-9-15(13)29-18(17)20(28)23-22-19(27)14-10-11-16(26)25(24-14)12-6-2-1-3-7-12/h1-9H,10-11H2,(H,22,27)(H,23,28). The maximum absolute atomic E-state index is 12.5. The van der Waals surface area contributed by atoms with Crippen molar-refractivity contribution in [2.24, 2.45) is 5.10 Å². The summed E-state index contributed by atoms with van der Waals surface area (Å²) in [6.07, 6.45) is 0.338. The molecule has 0 fully saturated rings. The van der Waals surface area contributed by atoms with E-state index in [0.717, 1.165) is 10.1 Å². The molecule has 2 N–H and O–H groups in total. The van der Waals surface area contributed by atoms with Crippen molar-refractivity contribution < 1.29 is 14.4 Å². The molecular formula is C20H15ClN4O3S. The fraction of sp³-hybridized carbons (Fsp3) is 0.100. The Labute approximate surface area is 174 Å². The molecule has 0 spiro atoms. The second kappa shape index (κ2) is 8.02. The lowest BCUT2D eigenvalue weighted by Crippen LogP contribution is -2.47. The van der Waals surface area contributed by atoms with Gasteiger partial charge in [0.1, 0.15) is 10.6 Å². The molecule has 0 bridgehead atoms. The number of rotatable bonds is 3. The van der Waals surface area contributed by atoms with Gasteiger partial charge in [0, 0.05) is 22.9 Å². The largest absolute Gasteiger partial charge is 0.285 e. The summed E-state index contributed by atoms with van der Waals surface area (Å²) in [7, 11) is 0. The Bertz CT molecular complexity index is 1140. The Morgan fingerprint density at radius 3 is 2.41 bits per heavy atom. The number of carbonyl (C=O) groups excluding carboxylic acids is 3.